The monoisotopic (exact) mass is 252 g/mol. The predicted octanol–water partition coefficient (Wildman–Crippen LogP) is 1.97. The normalized spacial score (nSPS) is 11.1. The van der Waals surface area contributed by atoms with Crippen LogP contribution in [0.2, 0.25) is 0 Å². The van der Waals surface area contributed by atoms with Gasteiger partial charge >= 0.3 is 0 Å². The molecule has 0 aliphatic heterocycles. The van der Waals surface area contributed by atoms with Gasteiger partial charge in [0.1, 0.15) is 11.6 Å². The molecule has 0 aliphatic carbocycles. The third-order valence-electron chi connectivity index (χ3n) is 2.49. The first kappa shape index (κ1) is 14.7. The quantitative estimate of drug-likeness (QED) is 0.752. The van der Waals surface area contributed by atoms with E-state index >= 15 is 0 Å². The number of rotatable bonds is 7. The maximum absolute atomic E-state index is 5.67. The molecule has 0 atom stereocenters. The zero-order chi connectivity index (χ0) is 13.5. The molecule has 1 N–H and O–H groups in total. The Kier molecular flexibility index (Phi) is 5.85. The summed E-state index contributed by atoms with van der Waals surface area (Å²) >= 11 is 0. The highest BCUT2D eigenvalue weighted by Crippen LogP contribution is 2.18. The van der Waals surface area contributed by atoms with Crippen LogP contribution in [0.15, 0.2) is 6.07 Å². The summed E-state index contributed by atoms with van der Waals surface area (Å²) in [5.41, 5.74) is 0. The Bertz CT molecular complexity index is 366. The summed E-state index contributed by atoms with van der Waals surface area (Å²) in [4.78, 5) is 10.9. The third-order valence-corrected chi connectivity index (χ3v) is 2.49. The summed E-state index contributed by atoms with van der Waals surface area (Å²) < 4.78 is 5.67. The van der Waals surface area contributed by atoms with Crippen molar-refractivity contribution in [1.29, 1.82) is 0 Å². The first-order valence-electron chi connectivity index (χ1n) is 6.37. The molecule has 5 heteroatoms. The van der Waals surface area contributed by atoms with Crippen molar-refractivity contribution in [2.45, 2.75) is 26.2 Å². The fourth-order valence-electron chi connectivity index (χ4n) is 1.46. The smallest absolute Gasteiger partial charge is 0.218 e. The highest BCUT2D eigenvalue weighted by atomic mass is 16.5. The van der Waals surface area contributed by atoms with E-state index in [2.05, 4.69) is 48.1 Å². The summed E-state index contributed by atoms with van der Waals surface area (Å²) in [5, 5.41) is 3.03. The molecule has 1 rings (SSSR count). The molecule has 102 valence electrons. The van der Waals surface area contributed by atoms with Crippen LogP contribution in [0.25, 0.3) is 0 Å². The lowest BCUT2D eigenvalue weighted by atomic mass is 10.2. The van der Waals surface area contributed by atoms with Gasteiger partial charge in [0.15, 0.2) is 0 Å². The summed E-state index contributed by atoms with van der Waals surface area (Å²) in [7, 11) is 5.96. The number of nitrogens with one attached hydrogen (secondary N) is 1. The Balaban J connectivity index is 2.61. The zero-order valence-corrected chi connectivity index (χ0v) is 12.0. The molecule has 0 bridgehead atoms. The molecule has 1 aromatic rings. The van der Waals surface area contributed by atoms with Gasteiger partial charge in [-0.3, -0.25) is 0 Å². The molecule has 0 fully saturated rings. The average molecular weight is 252 g/mol. The van der Waals surface area contributed by atoms with Crippen LogP contribution in [-0.2, 0) is 0 Å². The van der Waals surface area contributed by atoms with Gasteiger partial charge < -0.3 is 15.0 Å². The molecule has 18 heavy (non-hydrogen) atoms. The van der Waals surface area contributed by atoms with Gasteiger partial charge in [0.25, 0.3) is 0 Å². The summed E-state index contributed by atoms with van der Waals surface area (Å²) in [6.07, 6.45) is 0.989. The molecule has 0 aliphatic rings. The van der Waals surface area contributed by atoms with Crippen molar-refractivity contribution in [2.75, 3.05) is 39.6 Å². The summed E-state index contributed by atoms with van der Waals surface area (Å²) in [6, 6.07) is 1.83. The molecule has 5 nitrogen and oxygen atoms in total. The maximum atomic E-state index is 5.67. The van der Waals surface area contributed by atoms with Crippen LogP contribution in [-0.4, -0.2) is 49.2 Å². The van der Waals surface area contributed by atoms with Gasteiger partial charge in [-0.05, 0) is 20.5 Å². The molecular weight excluding hydrogens is 228 g/mol. The van der Waals surface area contributed by atoms with E-state index in [1.807, 2.05) is 13.1 Å². The van der Waals surface area contributed by atoms with Crippen LogP contribution in [0.4, 0.5) is 5.82 Å². The molecule has 0 saturated heterocycles. The van der Waals surface area contributed by atoms with Gasteiger partial charge in [0.05, 0.1) is 6.61 Å². The minimum absolute atomic E-state index is 0.294. The van der Waals surface area contributed by atoms with Crippen LogP contribution < -0.4 is 10.1 Å². The third kappa shape index (κ3) is 4.87. The second-order valence-corrected chi connectivity index (χ2v) is 4.86. The number of aromatic nitrogens is 2. The van der Waals surface area contributed by atoms with Crippen LogP contribution in [0, 0.1) is 0 Å². The lowest BCUT2D eigenvalue weighted by Gasteiger charge is -2.12. The Morgan fingerprint density at radius 3 is 2.61 bits per heavy atom. The van der Waals surface area contributed by atoms with Gasteiger partial charge in [-0.2, -0.15) is 4.98 Å². The fraction of sp³-hybridized carbons (Fsp3) is 0.692. The number of nitrogens with zero attached hydrogens (tertiary/aromatic N) is 3. The van der Waals surface area contributed by atoms with Crippen molar-refractivity contribution in [1.82, 2.24) is 14.9 Å². The molecular formula is C13H24N4O. The van der Waals surface area contributed by atoms with Gasteiger partial charge in [0.2, 0.25) is 5.88 Å². The Morgan fingerprint density at radius 1 is 1.33 bits per heavy atom. The minimum Gasteiger partial charge on any atom is -0.477 e. The van der Waals surface area contributed by atoms with Gasteiger partial charge in [-0.15, -0.1) is 0 Å². The van der Waals surface area contributed by atoms with Crippen molar-refractivity contribution in [3.63, 3.8) is 0 Å². The van der Waals surface area contributed by atoms with Gasteiger partial charge in [0, 0.05) is 25.6 Å². The Labute approximate surface area is 110 Å². The highest BCUT2D eigenvalue weighted by molar-refractivity contribution is 5.38. The molecule has 0 saturated carbocycles. The summed E-state index contributed by atoms with van der Waals surface area (Å²) in [6.45, 7) is 5.84. The predicted molar refractivity (Wildman–Crippen MR) is 74.3 cm³/mol. The van der Waals surface area contributed by atoms with Gasteiger partial charge in [-0.25, -0.2) is 4.98 Å². The van der Waals surface area contributed by atoms with E-state index in [4.69, 9.17) is 4.74 Å². The second kappa shape index (κ2) is 7.16. The molecule has 0 radical (unpaired) electrons. The molecule has 0 amide bonds. The van der Waals surface area contributed by atoms with Crippen LogP contribution in [0.3, 0.4) is 0 Å². The van der Waals surface area contributed by atoms with E-state index in [9.17, 15) is 0 Å². The average Bonchev–Trinajstić information content (AvgIpc) is 2.34. The Hall–Kier alpha value is -1.36. The van der Waals surface area contributed by atoms with E-state index in [-0.39, 0.29) is 0 Å². The molecule has 1 aromatic heterocycles. The number of anilines is 1. The van der Waals surface area contributed by atoms with Gasteiger partial charge in [-0.1, -0.05) is 13.8 Å². The molecule has 0 spiro atoms. The first-order chi connectivity index (χ1) is 8.52. The second-order valence-electron chi connectivity index (χ2n) is 4.86. The van der Waals surface area contributed by atoms with Crippen molar-refractivity contribution >= 4 is 5.82 Å². The van der Waals surface area contributed by atoms with Crippen LogP contribution in [0.5, 0.6) is 5.88 Å². The van der Waals surface area contributed by atoms with E-state index in [1.54, 1.807) is 0 Å². The fourth-order valence-corrected chi connectivity index (χ4v) is 1.46. The van der Waals surface area contributed by atoms with E-state index in [0.717, 1.165) is 24.6 Å². The maximum Gasteiger partial charge on any atom is 0.218 e. The minimum atomic E-state index is 0.294. The topological polar surface area (TPSA) is 50.3 Å². The number of hydrogen-bond acceptors (Lipinski definition) is 5. The molecule has 0 unspecified atom stereocenters. The van der Waals surface area contributed by atoms with Crippen LogP contribution >= 0.6 is 0 Å². The van der Waals surface area contributed by atoms with Crippen molar-refractivity contribution in [3.8, 4) is 5.88 Å². The van der Waals surface area contributed by atoms with E-state index in [1.165, 1.54) is 0 Å². The highest BCUT2D eigenvalue weighted by Gasteiger charge is 2.08. The van der Waals surface area contributed by atoms with E-state index in [0.29, 0.717) is 18.4 Å². The molecule has 0 aromatic carbocycles. The lowest BCUT2D eigenvalue weighted by molar-refractivity contribution is 0.272. The Morgan fingerprint density at radius 2 is 2.06 bits per heavy atom. The van der Waals surface area contributed by atoms with Crippen LogP contribution in [0.1, 0.15) is 32.0 Å². The lowest BCUT2D eigenvalue weighted by Crippen LogP contribution is -2.16. The number of ether oxygens (including phenoxy) is 1. The van der Waals surface area contributed by atoms with E-state index < -0.39 is 0 Å². The SMILES string of the molecule is CNc1cc(OCCCN(C)C)nc(C(C)C)n1. The number of hydrogen-bond donors (Lipinski definition) is 1. The van der Waals surface area contributed by atoms with Crippen molar-refractivity contribution < 1.29 is 4.74 Å². The zero-order valence-electron chi connectivity index (χ0n) is 12.0. The first-order valence-corrected chi connectivity index (χ1v) is 6.37. The van der Waals surface area contributed by atoms with Crippen molar-refractivity contribution in [2.24, 2.45) is 0 Å². The van der Waals surface area contributed by atoms with Crippen molar-refractivity contribution in [3.05, 3.63) is 11.9 Å². The molecule has 1 heterocycles. The standard InChI is InChI=1S/C13H24N4O/c1-10(2)13-15-11(14-3)9-12(16-13)18-8-6-7-17(4)5/h9-10H,6-8H2,1-5H3,(H,14,15,16). The largest absolute Gasteiger partial charge is 0.477 e. The summed E-state index contributed by atoms with van der Waals surface area (Å²) in [5.74, 6) is 2.56.